The Hall–Kier alpha value is -1.48. The molecule has 0 amide bonds. The monoisotopic (exact) mass is 272 g/mol. The Labute approximate surface area is 119 Å². The third-order valence-corrected chi connectivity index (χ3v) is 4.47. The molecule has 19 heavy (non-hydrogen) atoms. The third kappa shape index (κ3) is 2.76. The van der Waals surface area contributed by atoms with Crippen molar-refractivity contribution in [3.8, 4) is 0 Å². The Balaban J connectivity index is 1.80. The largest absolute Gasteiger partial charge is 0.377 e. The molecule has 1 atom stereocenters. The third-order valence-electron chi connectivity index (χ3n) is 3.77. The first-order valence-corrected chi connectivity index (χ1v) is 7.91. The van der Waals surface area contributed by atoms with Crippen LogP contribution in [-0.4, -0.2) is 13.1 Å². The molecular weight excluding hydrogens is 252 g/mol. The van der Waals surface area contributed by atoms with E-state index in [0.717, 1.165) is 0 Å². The summed E-state index contributed by atoms with van der Waals surface area (Å²) in [5.41, 5.74) is 3.96. The number of para-hydroxylation sites is 2. The van der Waals surface area contributed by atoms with Crippen molar-refractivity contribution in [2.24, 2.45) is 0 Å². The molecule has 0 saturated carbocycles. The lowest BCUT2D eigenvalue weighted by Gasteiger charge is -2.24. The van der Waals surface area contributed by atoms with Crippen LogP contribution < -0.4 is 10.2 Å². The summed E-state index contributed by atoms with van der Waals surface area (Å²) in [5, 5.41) is 8.01. The quantitative estimate of drug-likeness (QED) is 0.880. The average Bonchev–Trinajstić information content (AvgIpc) is 3.13. The fraction of sp³-hybridized carbons (Fsp3) is 0.375. The van der Waals surface area contributed by atoms with Crippen molar-refractivity contribution >= 4 is 22.7 Å². The van der Waals surface area contributed by atoms with Gasteiger partial charge in [-0.25, -0.2) is 0 Å². The van der Waals surface area contributed by atoms with Crippen LogP contribution in [0.5, 0.6) is 0 Å². The van der Waals surface area contributed by atoms with Crippen LogP contribution in [0.25, 0.3) is 0 Å². The molecule has 1 aliphatic rings. The minimum absolute atomic E-state index is 0.356. The highest BCUT2D eigenvalue weighted by atomic mass is 32.1. The smallest absolute Gasteiger partial charge is 0.0602 e. The Morgan fingerprint density at radius 1 is 1.16 bits per heavy atom. The molecule has 1 aliphatic heterocycles. The molecule has 0 bridgehead atoms. The van der Waals surface area contributed by atoms with Gasteiger partial charge < -0.3 is 10.2 Å². The highest BCUT2D eigenvalue weighted by molar-refractivity contribution is 7.07. The zero-order valence-corrected chi connectivity index (χ0v) is 12.1. The van der Waals surface area contributed by atoms with E-state index in [1.54, 1.807) is 11.3 Å². The van der Waals surface area contributed by atoms with Crippen LogP contribution >= 0.6 is 11.3 Å². The molecule has 1 aromatic heterocycles. The standard InChI is InChI=1S/C16H20N2S/c1-13(14-8-11-19-12-14)17-15-6-2-3-7-16(15)18-9-4-5-10-18/h2-3,6-8,11-13,17H,4-5,9-10H2,1H3. The van der Waals surface area contributed by atoms with Gasteiger partial charge in [0.05, 0.1) is 11.4 Å². The van der Waals surface area contributed by atoms with E-state index in [-0.39, 0.29) is 0 Å². The van der Waals surface area contributed by atoms with Crippen molar-refractivity contribution in [1.29, 1.82) is 0 Å². The Kier molecular flexibility index (Phi) is 3.74. The summed E-state index contributed by atoms with van der Waals surface area (Å²) in [4.78, 5) is 2.49. The lowest BCUT2D eigenvalue weighted by atomic mass is 10.1. The number of nitrogens with one attached hydrogen (secondary N) is 1. The maximum Gasteiger partial charge on any atom is 0.0602 e. The maximum absolute atomic E-state index is 3.65. The van der Waals surface area contributed by atoms with E-state index >= 15 is 0 Å². The van der Waals surface area contributed by atoms with Crippen molar-refractivity contribution in [2.45, 2.75) is 25.8 Å². The minimum atomic E-state index is 0.356. The zero-order valence-electron chi connectivity index (χ0n) is 11.3. The molecule has 100 valence electrons. The van der Waals surface area contributed by atoms with Gasteiger partial charge in [-0.05, 0) is 54.3 Å². The predicted molar refractivity (Wildman–Crippen MR) is 84.2 cm³/mol. The summed E-state index contributed by atoms with van der Waals surface area (Å²) >= 11 is 1.76. The molecule has 1 unspecified atom stereocenters. The molecule has 0 spiro atoms. The second kappa shape index (κ2) is 5.66. The second-order valence-electron chi connectivity index (χ2n) is 5.13. The zero-order chi connectivity index (χ0) is 13.1. The number of hydrogen-bond donors (Lipinski definition) is 1. The molecular formula is C16H20N2S. The van der Waals surface area contributed by atoms with E-state index in [4.69, 9.17) is 0 Å². The SMILES string of the molecule is CC(Nc1ccccc1N1CCCC1)c1ccsc1. The summed E-state index contributed by atoms with van der Waals surface area (Å²) in [6.45, 7) is 4.60. The van der Waals surface area contributed by atoms with Crippen LogP contribution in [0.15, 0.2) is 41.1 Å². The lowest BCUT2D eigenvalue weighted by Crippen LogP contribution is -2.19. The number of anilines is 2. The Morgan fingerprint density at radius 3 is 2.68 bits per heavy atom. The number of nitrogens with zero attached hydrogens (tertiary/aromatic N) is 1. The van der Waals surface area contributed by atoms with Crippen molar-refractivity contribution < 1.29 is 0 Å². The summed E-state index contributed by atoms with van der Waals surface area (Å²) in [6.07, 6.45) is 2.63. The molecule has 2 nitrogen and oxygen atoms in total. The van der Waals surface area contributed by atoms with E-state index in [9.17, 15) is 0 Å². The van der Waals surface area contributed by atoms with Crippen LogP contribution in [-0.2, 0) is 0 Å². The number of rotatable bonds is 4. The van der Waals surface area contributed by atoms with Gasteiger partial charge in [-0.3, -0.25) is 0 Å². The van der Waals surface area contributed by atoms with Gasteiger partial charge in [-0.2, -0.15) is 11.3 Å². The molecule has 2 aromatic rings. The van der Waals surface area contributed by atoms with Crippen molar-refractivity contribution in [1.82, 2.24) is 0 Å². The first kappa shape index (κ1) is 12.5. The summed E-state index contributed by atoms with van der Waals surface area (Å²) in [7, 11) is 0. The van der Waals surface area contributed by atoms with Gasteiger partial charge in [0.25, 0.3) is 0 Å². The van der Waals surface area contributed by atoms with Gasteiger partial charge >= 0.3 is 0 Å². The molecule has 0 radical (unpaired) electrons. The molecule has 1 aromatic carbocycles. The van der Waals surface area contributed by atoms with Crippen LogP contribution in [0.1, 0.15) is 31.4 Å². The molecule has 1 N–H and O–H groups in total. The summed E-state index contributed by atoms with van der Waals surface area (Å²) in [5.74, 6) is 0. The van der Waals surface area contributed by atoms with Crippen molar-refractivity contribution in [3.05, 3.63) is 46.7 Å². The van der Waals surface area contributed by atoms with Crippen LogP contribution in [0.3, 0.4) is 0 Å². The molecule has 0 aliphatic carbocycles. The fourth-order valence-electron chi connectivity index (χ4n) is 2.67. The average molecular weight is 272 g/mol. The van der Waals surface area contributed by atoms with E-state index in [1.165, 1.54) is 42.9 Å². The maximum atomic E-state index is 3.65. The van der Waals surface area contributed by atoms with E-state index in [2.05, 4.69) is 58.2 Å². The van der Waals surface area contributed by atoms with Crippen molar-refractivity contribution in [2.75, 3.05) is 23.3 Å². The Bertz CT molecular complexity index is 515. The number of benzene rings is 1. The van der Waals surface area contributed by atoms with Gasteiger partial charge in [0.1, 0.15) is 0 Å². The van der Waals surface area contributed by atoms with Gasteiger partial charge in [0.15, 0.2) is 0 Å². The topological polar surface area (TPSA) is 15.3 Å². The molecule has 1 saturated heterocycles. The molecule has 1 fully saturated rings. The fourth-order valence-corrected chi connectivity index (χ4v) is 3.42. The minimum Gasteiger partial charge on any atom is -0.377 e. The van der Waals surface area contributed by atoms with E-state index < -0.39 is 0 Å². The van der Waals surface area contributed by atoms with Crippen LogP contribution in [0.2, 0.25) is 0 Å². The number of hydrogen-bond acceptors (Lipinski definition) is 3. The molecule has 2 heterocycles. The summed E-state index contributed by atoms with van der Waals surface area (Å²) < 4.78 is 0. The van der Waals surface area contributed by atoms with E-state index in [1.807, 2.05) is 0 Å². The van der Waals surface area contributed by atoms with E-state index in [0.29, 0.717) is 6.04 Å². The first-order valence-electron chi connectivity index (χ1n) is 6.97. The normalized spacial score (nSPS) is 16.6. The van der Waals surface area contributed by atoms with Gasteiger partial charge in [-0.15, -0.1) is 0 Å². The highest BCUT2D eigenvalue weighted by Gasteiger charge is 2.16. The second-order valence-corrected chi connectivity index (χ2v) is 5.91. The van der Waals surface area contributed by atoms with Gasteiger partial charge in [0, 0.05) is 19.1 Å². The van der Waals surface area contributed by atoms with Crippen molar-refractivity contribution in [3.63, 3.8) is 0 Å². The lowest BCUT2D eigenvalue weighted by molar-refractivity contribution is 0.883. The molecule has 3 heteroatoms. The highest BCUT2D eigenvalue weighted by Crippen LogP contribution is 2.31. The van der Waals surface area contributed by atoms with Crippen LogP contribution in [0, 0.1) is 0 Å². The summed E-state index contributed by atoms with van der Waals surface area (Å²) in [6, 6.07) is 11.2. The van der Waals surface area contributed by atoms with Crippen LogP contribution in [0.4, 0.5) is 11.4 Å². The first-order chi connectivity index (χ1) is 9.34. The van der Waals surface area contributed by atoms with Gasteiger partial charge in [0.2, 0.25) is 0 Å². The predicted octanol–water partition coefficient (Wildman–Crippen LogP) is 4.52. The van der Waals surface area contributed by atoms with Gasteiger partial charge in [-0.1, -0.05) is 12.1 Å². The molecule has 3 rings (SSSR count). The number of thiophene rings is 1. The Morgan fingerprint density at radius 2 is 1.95 bits per heavy atom.